The zero-order chi connectivity index (χ0) is 16.4. The molecule has 0 saturated carbocycles. The van der Waals surface area contributed by atoms with Crippen LogP contribution in [0.2, 0.25) is 0 Å². The number of benzene rings is 1. The minimum Gasteiger partial charge on any atom is -0.342 e. The third-order valence-corrected chi connectivity index (χ3v) is 6.37. The van der Waals surface area contributed by atoms with E-state index in [0.29, 0.717) is 5.75 Å². The first-order valence-electron chi connectivity index (χ1n) is 8.46. The van der Waals surface area contributed by atoms with Gasteiger partial charge in [-0.3, -0.25) is 9.20 Å². The summed E-state index contributed by atoms with van der Waals surface area (Å²) in [4.78, 5) is 15.5. The van der Waals surface area contributed by atoms with E-state index in [1.54, 1.807) is 11.3 Å². The van der Waals surface area contributed by atoms with Crippen LogP contribution in [0, 0.1) is 0 Å². The maximum Gasteiger partial charge on any atom is 0.233 e. The molecule has 1 aliphatic rings. The van der Waals surface area contributed by atoms with Crippen molar-refractivity contribution in [3.63, 3.8) is 0 Å². The van der Waals surface area contributed by atoms with E-state index in [0.717, 1.165) is 41.6 Å². The SMILES string of the molecule is O=C(CSc1nnc2sc3ccccc3n12)N1CCCCCCC1. The standard InChI is InChI=1S/C17H20N4OS2/c22-15(20-10-6-2-1-3-7-11-20)12-23-16-18-19-17-21(16)13-8-4-5-9-14(13)24-17/h4-5,8-9H,1-3,6-7,10-12H2. The van der Waals surface area contributed by atoms with Gasteiger partial charge in [0.05, 0.1) is 16.0 Å². The Kier molecular flexibility index (Phi) is 4.71. The molecule has 1 aliphatic heterocycles. The van der Waals surface area contributed by atoms with Crippen LogP contribution in [0.1, 0.15) is 32.1 Å². The molecular weight excluding hydrogens is 340 g/mol. The Labute approximate surface area is 149 Å². The zero-order valence-corrected chi connectivity index (χ0v) is 15.1. The van der Waals surface area contributed by atoms with E-state index in [2.05, 4.69) is 26.7 Å². The van der Waals surface area contributed by atoms with Crippen molar-refractivity contribution in [3.05, 3.63) is 24.3 Å². The van der Waals surface area contributed by atoms with Crippen LogP contribution >= 0.6 is 23.1 Å². The van der Waals surface area contributed by atoms with Crippen LogP contribution < -0.4 is 0 Å². The predicted octanol–water partition coefficient (Wildman–Crippen LogP) is 3.83. The first-order chi connectivity index (χ1) is 11.8. The molecule has 1 saturated heterocycles. The maximum absolute atomic E-state index is 12.5. The van der Waals surface area contributed by atoms with Gasteiger partial charge in [-0.1, -0.05) is 54.5 Å². The van der Waals surface area contributed by atoms with Crippen molar-refractivity contribution in [2.75, 3.05) is 18.8 Å². The number of amides is 1. The number of para-hydroxylation sites is 1. The van der Waals surface area contributed by atoms with Crippen LogP contribution in [0.4, 0.5) is 0 Å². The lowest BCUT2D eigenvalue weighted by atomic mass is 10.1. The molecule has 1 aromatic carbocycles. The molecule has 7 heteroatoms. The van der Waals surface area contributed by atoms with Crippen LogP contribution in [0.3, 0.4) is 0 Å². The Balaban J connectivity index is 1.49. The van der Waals surface area contributed by atoms with Gasteiger partial charge in [0.2, 0.25) is 10.9 Å². The Morgan fingerprint density at radius 2 is 1.83 bits per heavy atom. The van der Waals surface area contributed by atoms with Gasteiger partial charge >= 0.3 is 0 Å². The molecule has 0 aliphatic carbocycles. The van der Waals surface area contributed by atoms with Gasteiger partial charge < -0.3 is 4.90 Å². The fraction of sp³-hybridized carbons (Fsp3) is 0.471. The average molecular weight is 361 g/mol. The van der Waals surface area contributed by atoms with E-state index in [4.69, 9.17) is 0 Å². The van der Waals surface area contributed by atoms with Crippen molar-refractivity contribution in [3.8, 4) is 0 Å². The summed E-state index contributed by atoms with van der Waals surface area (Å²) < 4.78 is 3.25. The molecule has 0 unspecified atom stereocenters. The lowest BCUT2D eigenvalue weighted by molar-refractivity contribution is -0.128. The molecule has 0 bridgehead atoms. The number of aromatic nitrogens is 3. The molecule has 0 N–H and O–H groups in total. The summed E-state index contributed by atoms with van der Waals surface area (Å²) in [6, 6.07) is 8.22. The fourth-order valence-corrected chi connectivity index (χ4v) is 5.03. The summed E-state index contributed by atoms with van der Waals surface area (Å²) in [5.41, 5.74) is 1.11. The molecule has 0 radical (unpaired) electrons. The lowest BCUT2D eigenvalue weighted by Crippen LogP contribution is -2.35. The number of thiazole rings is 1. The van der Waals surface area contributed by atoms with Gasteiger partial charge in [0.1, 0.15) is 0 Å². The molecule has 24 heavy (non-hydrogen) atoms. The highest BCUT2D eigenvalue weighted by molar-refractivity contribution is 7.99. The summed E-state index contributed by atoms with van der Waals surface area (Å²) in [5, 5.41) is 9.34. The number of carbonyl (C=O) groups is 1. The van der Waals surface area contributed by atoms with E-state index in [-0.39, 0.29) is 5.91 Å². The third kappa shape index (κ3) is 3.15. The Bertz CT molecular complexity index is 849. The molecular formula is C17H20N4OS2. The summed E-state index contributed by atoms with van der Waals surface area (Å²) in [7, 11) is 0. The minimum atomic E-state index is 0.221. The molecule has 1 amide bonds. The number of likely N-dealkylation sites (tertiary alicyclic amines) is 1. The summed E-state index contributed by atoms with van der Waals surface area (Å²) in [5.74, 6) is 0.656. The minimum absolute atomic E-state index is 0.221. The smallest absolute Gasteiger partial charge is 0.233 e. The van der Waals surface area contributed by atoms with Crippen LogP contribution in [0.15, 0.2) is 29.4 Å². The van der Waals surface area contributed by atoms with Crippen LogP contribution in [-0.4, -0.2) is 44.2 Å². The third-order valence-electron chi connectivity index (χ3n) is 4.44. The van der Waals surface area contributed by atoms with Gasteiger partial charge in [0.25, 0.3) is 0 Å². The van der Waals surface area contributed by atoms with Crippen molar-refractivity contribution >= 4 is 44.2 Å². The maximum atomic E-state index is 12.5. The monoisotopic (exact) mass is 360 g/mol. The molecule has 4 rings (SSSR count). The number of carbonyl (C=O) groups excluding carboxylic acids is 1. The second-order valence-corrected chi connectivity index (χ2v) is 8.06. The highest BCUT2D eigenvalue weighted by atomic mass is 32.2. The van der Waals surface area contributed by atoms with E-state index in [9.17, 15) is 4.79 Å². The number of fused-ring (bicyclic) bond motifs is 3. The van der Waals surface area contributed by atoms with E-state index in [1.807, 2.05) is 17.0 Å². The van der Waals surface area contributed by atoms with Crippen LogP contribution in [0.25, 0.3) is 15.2 Å². The number of hydrogen-bond donors (Lipinski definition) is 0. The Morgan fingerprint density at radius 1 is 1.08 bits per heavy atom. The van der Waals surface area contributed by atoms with Gasteiger partial charge in [-0.15, -0.1) is 10.2 Å². The van der Waals surface area contributed by atoms with E-state index >= 15 is 0 Å². The summed E-state index contributed by atoms with van der Waals surface area (Å²) in [6.07, 6.45) is 6.03. The van der Waals surface area contributed by atoms with E-state index in [1.165, 1.54) is 35.7 Å². The van der Waals surface area contributed by atoms with Gasteiger partial charge in [0.15, 0.2) is 5.16 Å². The number of hydrogen-bond acceptors (Lipinski definition) is 5. The highest BCUT2D eigenvalue weighted by Gasteiger charge is 2.18. The van der Waals surface area contributed by atoms with Crippen molar-refractivity contribution in [2.24, 2.45) is 0 Å². The number of rotatable bonds is 3. The summed E-state index contributed by atoms with van der Waals surface area (Å²) >= 11 is 3.13. The fourth-order valence-electron chi connectivity index (χ4n) is 3.16. The van der Waals surface area contributed by atoms with Gasteiger partial charge in [-0.25, -0.2) is 0 Å². The first-order valence-corrected chi connectivity index (χ1v) is 10.3. The van der Waals surface area contributed by atoms with Crippen LogP contribution in [-0.2, 0) is 4.79 Å². The molecule has 1 fully saturated rings. The lowest BCUT2D eigenvalue weighted by Gasteiger charge is -2.24. The first kappa shape index (κ1) is 15.9. The Hall–Kier alpha value is -1.60. The summed E-state index contributed by atoms with van der Waals surface area (Å²) in [6.45, 7) is 1.80. The second-order valence-electron chi connectivity index (χ2n) is 6.11. The van der Waals surface area contributed by atoms with Crippen molar-refractivity contribution in [1.29, 1.82) is 0 Å². The largest absolute Gasteiger partial charge is 0.342 e. The number of thioether (sulfide) groups is 1. The molecule has 0 atom stereocenters. The zero-order valence-electron chi connectivity index (χ0n) is 13.5. The van der Waals surface area contributed by atoms with Crippen molar-refractivity contribution in [1.82, 2.24) is 19.5 Å². The highest BCUT2D eigenvalue weighted by Crippen LogP contribution is 2.29. The van der Waals surface area contributed by atoms with Crippen LogP contribution in [0.5, 0.6) is 0 Å². The van der Waals surface area contributed by atoms with Crippen molar-refractivity contribution in [2.45, 2.75) is 37.3 Å². The predicted molar refractivity (Wildman–Crippen MR) is 98.8 cm³/mol. The quantitative estimate of drug-likeness (QED) is 0.666. The van der Waals surface area contributed by atoms with Gasteiger partial charge in [-0.05, 0) is 25.0 Å². The molecule has 126 valence electrons. The molecule has 3 aromatic rings. The molecule has 3 heterocycles. The molecule has 2 aromatic heterocycles. The topological polar surface area (TPSA) is 50.5 Å². The normalized spacial score (nSPS) is 16.4. The van der Waals surface area contributed by atoms with Crippen molar-refractivity contribution < 1.29 is 4.79 Å². The Morgan fingerprint density at radius 3 is 2.67 bits per heavy atom. The van der Waals surface area contributed by atoms with Gasteiger partial charge in [0, 0.05) is 13.1 Å². The second kappa shape index (κ2) is 7.11. The van der Waals surface area contributed by atoms with Gasteiger partial charge in [-0.2, -0.15) is 0 Å². The molecule has 5 nitrogen and oxygen atoms in total. The molecule has 0 spiro atoms. The average Bonchev–Trinajstić information content (AvgIpc) is 3.11. The van der Waals surface area contributed by atoms with E-state index < -0.39 is 0 Å². The number of nitrogens with zero attached hydrogens (tertiary/aromatic N) is 4.